The van der Waals surface area contributed by atoms with Gasteiger partial charge in [-0.3, -0.25) is 4.79 Å². The fourth-order valence-electron chi connectivity index (χ4n) is 1.66. The molecule has 1 aromatic rings. The number of amides is 1. The third-order valence-corrected chi connectivity index (χ3v) is 4.05. The monoisotopic (exact) mass is 311 g/mol. The predicted molar refractivity (Wildman–Crippen MR) is 83.2 cm³/mol. The Kier molecular flexibility index (Phi) is 7.85. The highest BCUT2D eigenvalue weighted by molar-refractivity contribution is 7.99. The second-order valence-corrected chi connectivity index (χ2v) is 5.79. The van der Waals surface area contributed by atoms with Crippen LogP contribution in [0.4, 0.5) is 0 Å². The van der Waals surface area contributed by atoms with Crippen molar-refractivity contribution in [3.05, 3.63) is 35.9 Å². The van der Waals surface area contributed by atoms with Gasteiger partial charge in [0.25, 0.3) is 5.91 Å². The lowest BCUT2D eigenvalue weighted by atomic mass is 10.1. The summed E-state index contributed by atoms with van der Waals surface area (Å²) in [6.07, 6.45) is 0.704. The minimum absolute atomic E-state index is 0.294. The third-order valence-electron chi connectivity index (χ3n) is 2.90. The molecule has 0 aromatic heterocycles. The van der Waals surface area contributed by atoms with Crippen LogP contribution in [0.25, 0.3) is 0 Å². The molecule has 5 nitrogen and oxygen atoms in total. The normalized spacial score (nSPS) is 13.4. The van der Waals surface area contributed by atoms with E-state index in [-0.39, 0.29) is 0 Å². The highest BCUT2D eigenvalue weighted by Crippen LogP contribution is 2.13. The molecule has 0 bridgehead atoms. The molecule has 0 heterocycles. The van der Waals surface area contributed by atoms with Crippen LogP contribution in [0.15, 0.2) is 30.3 Å². The van der Waals surface area contributed by atoms with E-state index >= 15 is 0 Å². The van der Waals surface area contributed by atoms with Crippen LogP contribution in [0.3, 0.4) is 0 Å². The van der Waals surface area contributed by atoms with E-state index in [4.69, 9.17) is 5.11 Å². The first-order valence-corrected chi connectivity index (χ1v) is 8.05. The van der Waals surface area contributed by atoms with Crippen molar-refractivity contribution in [3.8, 4) is 0 Å². The van der Waals surface area contributed by atoms with E-state index in [1.54, 1.807) is 30.3 Å². The number of carbonyl (C=O) groups excluding carboxylic acids is 1. The quantitative estimate of drug-likeness (QED) is 0.606. The van der Waals surface area contributed by atoms with Crippen LogP contribution in [0, 0.1) is 0 Å². The molecule has 0 radical (unpaired) electrons. The molecule has 6 heteroatoms. The van der Waals surface area contributed by atoms with Crippen LogP contribution in [-0.2, 0) is 9.59 Å². The molecule has 1 aromatic carbocycles. The second kappa shape index (κ2) is 9.41. The number of carboxylic acid groups (broad SMARTS) is 1. The number of nitrogens with one attached hydrogen (secondary N) is 1. The zero-order valence-corrected chi connectivity index (χ0v) is 12.8. The molecule has 0 aliphatic heterocycles. The number of unbranched alkanes of at least 4 members (excludes halogenated alkanes) is 1. The van der Waals surface area contributed by atoms with Crippen molar-refractivity contribution in [3.63, 3.8) is 0 Å². The lowest BCUT2D eigenvalue weighted by Crippen LogP contribution is -2.44. The predicted octanol–water partition coefficient (Wildman–Crippen LogP) is 1.82. The number of aliphatic hydroxyl groups is 1. The van der Waals surface area contributed by atoms with Crippen molar-refractivity contribution in [1.82, 2.24) is 5.32 Å². The van der Waals surface area contributed by atoms with Gasteiger partial charge in [-0.15, -0.1) is 0 Å². The number of aliphatic hydroxyl groups excluding tert-OH is 1. The van der Waals surface area contributed by atoms with Gasteiger partial charge in [-0.05, 0) is 17.7 Å². The number of rotatable bonds is 9. The molecule has 0 aliphatic rings. The van der Waals surface area contributed by atoms with Gasteiger partial charge in [0.05, 0.1) is 0 Å². The Hall–Kier alpha value is -1.53. The van der Waals surface area contributed by atoms with E-state index in [1.807, 2.05) is 0 Å². The lowest BCUT2D eigenvalue weighted by molar-refractivity contribution is -0.142. The van der Waals surface area contributed by atoms with Crippen molar-refractivity contribution in [2.24, 2.45) is 0 Å². The zero-order valence-electron chi connectivity index (χ0n) is 12.0. The fraction of sp³-hybridized carbons (Fsp3) is 0.467. The molecule has 0 saturated heterocycles. The topological polar surface area (TPSA) is 86.6 Å². The average Bonchev–Trinajstić information content (AvgIpc) is 2.50. The third kappa shape index (κ3) is 6.18. The van der Waals surface area contributed by atoms with Crippen LogP contribution in [0.5, 0.6) is 0 Å². The average molecular weight is 311 g/mol. The molecular formula is C15H21NO4S. The zero-order chi connectivity index (χ0) is 15.7. The summed E-state index contributed by atoms with van der Waals surface area (Å²) in [7, 11) is 0. The summed E-state index contributed by atoms with van der Waals surface area (Å²) in [5.41, 5.74) is 0.442. The van der Waals surface area contributed by atoms with Crippen LogP contribution >= 0.6 is 11.8 Å². The molecule has 116 valence electrons. The van der Waals surface area contributed by atoms with Gasteiger partial charge in [-0.2, -0.15) is 11.8 Å². The highest BCUT2D eigenvalue weighted by Gasteiger charge is 2.24. The van der Waals surface area contributed by atoms with Gasteiger partial charge in [-0.1, -0.05) is 43.7 Å². The molecule has 2 unspecified atom stereocenters. The molecule has 0 saturated carbocycles. The first-order valence-electron chi connectivity index (χ1n) is 6.90. The van der Waals surface area contributed by atoms with Crippen molar-refractivity contribution in [2.45, 2.75) is 31.9 Å². The maximum absolute atomic E-state index is 11.9. The number of hydrogen-bond donors (Lipinski definition) is 3. The molecule has 3 N–H and O–H groups in total. The highest BCUT2D eigenvalue weighted by atomic mass is 32.2. The van der Waals surface area contributed by atoms with Crippen LogP contribution in [0.2, 0.25) is 0 Å². The smallest absolute Gasteiger partial charge is 0.327 e. The summed E-state index contributed by atoms with van der Waals surface area (Å²) in [5.74, 6) is -0.628. The number of carboxylic acids is 1. The number of carbonyl (C=O) groups is 2. The van der Waals surface area contributed by atoms with E-state index in [0.717, 1.165) is 18.6 Å². The Balaban J connectivity index is 2.54. The van der Waals surface area contributed by atoms with Crippen LogP contribution < -0.4 is 5.32 Å². The molecule has 21 heavy (non-hydrogen) atoms. The molecule has 1 rings (SSSR count). The first-order chi connectivity index (χ1) is 10.1. The molecule has 0 spiro atoms. The molecular weight excluding hydrogens is 290 g/mol. The first kappa shape index (κ1) is 17.5. The number of benzene rings is 1. The lowest BCUT2D eigenvalue weighted by Gasteiger charge is -2.17. The van der Waals surface area contributed by atoms with Gasteiger partial charge in [0.2, 0.25) is 0 Å². The van der Waals surface area contributed by atoms with Crippen molar-refractivity contribution in [2.75, 3.05) is 11.5 Å². The standard InChI is InChI=1S/C15H21NO4S/c1-2-3-9-21-10-12(15(19)20)16-14(18)13(17)11-7-5-4-6-8-11/h4-8,12-13,17H,2-3,9-10H2,1H3,(H,16,18)(H,19,20). The van der Waals surface area contributed by atoms with Crippen molar-refractivity contribution >= 4 is 23.6 Å². The molecule has 1 amide bonds. The molecule has 0 fully saturated rings. The number of thioether (sulfide) groups is 1. The summed E-state index contributed by atoms with van der Waals surface area (Å²) >= 11 is 1.49. The second-order valence-electron chi connectivity index (χ2n) is 4.64. The summed E-state index contributed by atoms with van der Waals surface area (Å²) in [6, 6.07) is 7.45. The van der Waals surface area contributed by atoms with E-state index in [0.29, 0.717) is 11.3 Å². The van der Waals surface area contributed by atoms with Gasteiger partial charge >= 0.3 is 5.97 Å². The summed E-state index contributed by atoms with van der Waals surface area (Å²) < 4.78 is 0. The number of aliphatic carboxylic acids is 1. The summed E-state index contributed by atoms with van der Waals surface area (Å²) in [5, 5.41) is 21.4. The Morgan fingerprint density at radius 2 is 1.95 bits per heavy atom. The van der Waals surface area contributed by atoms with Gasteiger partial charge in [-0.25, -0.2) is 4.79 Å². The maximum Gasteiger partial charge on any atom is 0.327 e. The van der Waals surface area contributed by atoms with Crippen LogP contribution in [-0.4, -0.2) is 39.6 Å². The van der Waals surface area contributed by atoms with E-state index in [1.165, 1.54) is 11.8 Å². The van der Waals surface area contributed by atoms with Crippen LogP contribution in [0.1, 0.15) is 31.4 Å². The Bertz CT molecular complexity index is 452. The van der Waals surface area contributed by atoms with Crippen molar-refractivity contribution < 1.29 is 19.8 Å². The summed E-state index contributed by atoms with van der Waals surface area (Å²) in [4.78, 5) is 23.1. The minimum Gasteiger partial charge on any atom is -0.480 e. The largest absolute Gasteiger partial charge is 0.480 e. The van der Waals surface area contributed by atoms with Gasteiger partial charge in [0, 0.05) is 5.75 Å². The van der Waals surface area contributed by atoms with Gasteiger partial charge in [0.1, 0.15) is 6.04 Å². The van der Waals surface area contributed by atoms with Gasteiger partial charge < -0.3 is 15.5 Å². The van der Waals surface area contributed by atoms with Gasteiger partial charge in [0.15, 0.2) is 6.10 Å². The Morgan fingerprint density at radius 3 is 2.52 bits per heavy atom. The summed E-state index contributed by atoms with van der Waals surface area (Å²) in [6.45, 7) is 2.06. The Morgan fingerprint density at radius 1 is 1.29 bits per heavy atom. The van der Waals surface area contributed by atoms with E-state index in [2.05, 4.69) is 12.2 Å². The fourth-order valence-corrected chi connectivity index (χ4v) is 2.78. The van der Waals surface area contributed by atoms with E-state index < -0.39 is 24.0 Å². The Labute approximate surface area is 128 Å². The minimum atomic E-state index is -1.35. The number of hydrogen-bond acceptors (Lipinski definition) is 4. The van der Waals surface area contributed by atoms with Crippen molar-refractivity contribution in [1.29, 1.82) is 0 Å². The molecule has 2 atom stereocenters. The molecule has 0 aliphatic carbocycles. The SMILES string of the molecule is CCCCSCC(NC(=O)C(O)c1ccccc1)C(=O)O. The van der Waals surface area contributed by atoms with E-state index in [9.17, 15) is 14.7 Å². The maximum atomic E-state index is 11.9.